The van der Waals surface area contributed by atoms with E-state index in [-0.39, 0.29) is 37.5 Å². The molecule has 0 spiro atoms. The fourth-order valence-electron chi connectivity index (χ4n) is 3.44. The van der Waals surface area contributed by atoms with Crippen molar-refractivity contribution >= 4 is 17.5 Å². The van der Waals surface area contributed by atoms with Gasteiger partial charge in [-0.2, -0.15) is 8.78 Å². The fraction of sp³-hybridized carbons (Fsp3) is 0.588. The lowest BCUT2D eigenvalue weighted by Gasteiger charge is -2.45. The van der Waals surface area contributed by atoms with Crippen molar-refractivity contribution in [1.29, 1.82) is 0 Å². The number of rotatable bonds is 5. The number of benzene rings is 1. The number of amides is 1. The van der Waals surface area contributed by atoms with Crippen LogP contribution in [0.1, 0.15) is 6.42 Å². The molecule has 2 fully saturated rings. The molecule has 2 heterocycles. The zero-order valence-electron chi connectivity index (χ0n) is 15.0. The van der Waals surface area contributed by atoms with Crippen molar-refractivity contribution in [2.45, 2.75) is 24.2 Å². The maximum Gasteiger partial charge on any atom is 0.414 e. The third-order valence-corrected chi connectivity index (χ3v) is 4.98. The summed E-state index contributed by atoms with van der Waals surface area (Å²) in [7, 11) is 2.30. The first-order valence-corrected chi connectivity index (χ1v) is 8.38. The van der Waals surface area contributed by atoms with Gasteiger partial charge in [0.25, 0.3) is 0 Å². The summed E-state index contributed by atoms with van der Waals surface area (Å²) in [5, 5.41) is 9.07. The number of aliphatic hydroxyl groups is 1. The Morgan fingerprint density at radius 1 is 1.33 bits per heavy atom. The lowest BCUT2D eigenvalue weighted by molar-refractivity contribution is -0.324. The summed E-state index contributed by atoms with van der Waals surface area (Å²) in [6.07, 6.45) is -1.53. The smallest absolute Gasteiger partial charge is 0.414 e. The molecule has 1 aromatic carbocycles. The van der Waals surface area contributed by atoms with Crippen LogP contribution >= 0.6 is 0 Å². The molecule has 150 valence electrons. The molecule has 0 aliphatic carbocycles. The Bertz CT molecular complexity index is 714. The number of ether oxygens (including phenoxy) is 3. The number of piperidine rings is 1. The lowest BCUT2D eigenvalue weighted by Crippen LogP contribution is -2.62. The molecule has 0 unspecified atom stereocenters. The second-order valence-electron chi connectivity index (χ2n) is 6.47. The average Bonchev–Trinajstić information content (AvgIpc) is 3.02. The number of alkyl halides is 2. The standard InChI is InChI=1S/C17H21F3N2O5/c1-25-17(26-2)5-6-21(10-16(17,19)20)14-4-3-11(7-13(14)18)22-8-12(9-23)27-15(22)24/h3-4,7,12,23H,5-6,8-10H2,1-2H3/t12-/m1/s1. The van der Waals surface area contributed by atoms with Crippen LogP contribution in [0.4, 0.5) is 29.3 Å². The number of carbonyl (C=O) groups excluding carboxylic acids is 1. The molecule has 1 aromatic rings. The number of hydrogen-bond donors (Lipinski definition) is 1. The number of cyclic esters (lactones) is 1. The van der Waals surface area contributed by atoms with Crippen molar-refractivity contribution in [2.24, 2.45) is 0 Å². The Morgan fingerprint density at radius 2 is 2.04 bits per heavy atom. The highest BCUT2D eigenvalue weighted by atomic mass is 19.3. The lowest BCUT2D eigenvalue weighted by atomic mass is 9.98. The van der Waals surface area contributed by atoms with Crippen LogP contribution < -0.4 is 9.80 Å². The maximum atomic E-state index is 14.6. The van der Waals surface area contributed by atoms with Crippen LogP contribution in [-0.4, -0.2) is 69.5 Å². The Morgan fingerprint density at radius 3 is 2.56 bits per heavy atom. The molecule has 2 saturated heterocycles. The molecule has 0 saturated carbocycles. The van der Waals surface area contributed by atoms with Gasteiger partial charge in [-0.1, -0.05) is 0 Å². The van der Waals surface area contributed by atoms with Crippen molar-refractivity contribution in [1.82, 2.24) is 0 Å². The van der Waals surface area contributed by atoms with Crippen molar-refractivity contribution < 1.29 is 37.3 Å². The average molecular weight is 390 g/mol. The third kappa shape index (κ3) is 3.32. The molecule has 3 rings (SSSR count). The van der Waals surface area contributed by atoms with Gasteiger partial charge in [-0.3, -0.25) is 4.90 Å². The van der Waals surface area contributed by atoms with Gasteiger partial charge >= 0.3 is 12.0 Å². The minimum Gasteiger partial charge on any atom is -0.441 e. The van der Waals surface area contributed by atoms with Gasteiger partial charge in [0.1, 0.15) is 11.9 Å². The Balaban J connectivity index is 1.80. The van der Waals surface area contributed by atoms with Crippen LogP contribution in [0, 0.1) is 5.82 Å². The van der Waals surface area contributed by atoms with Crippen LogP contribution in [0.3, 0.4) is 0 Å². The minimum atomic E-state index is -3.35. The van der Waals surface area contributed by atoms with Crippen molar-refractivity contribution in [2.75, 3.05) is 50.3 Å². The van der Waals surface area contributed by atoms with E-state index in [1.165, 1.54) is 21.9 Å². The van der Waals surface area contributed by atoms with E-state index in [1.807, 2.05) is 0 Å². The zero-order chi connectivity index (χ0) is 19.8. The van der Waals surface area contributed by atoms with E-state index in [0.29, 0.717) is 0 Å². The van der Waals surface area contributed by atoms with E-state index in [0.717, 1.165) is 20.3 Å². The highest BCUT2D eigenvalue weighted by Crippen LogP contribution is 2.41. The van der Waals surface area contributed by atoms with Gasteiger partial charge in [0.05, 0.1) is 31.1 Å². The van der Waals surface area contributed by atoms with Crippen molar-refractivity contribution in [3.05, 3.63) is 24.0 Å². The van der Waals surface area contributed by atoms with E-state index in [2.05, 4.69) is 0 Å². The van der Waals surface area contributed by atoms with Gasteiger partial charge in [0.15, 0.2) is 0 Å². The Kier molecular flexibility index (Phi) is 5.24. The molecule has 0 aromatic heterocycles. The predicted octanol–water partition coefficient (Wildman–Crippen LogP) is 1.98. The number of halogens is 3. The highest BCUT2D eigenvalue weighted by molar-refractivity contribution is 5.90. The second kappa shape index (κ2) is 7.17. The summed E-state index contributed by atoms with van der Waals surface area (Å²) in [6.45, 7) is -0.929. The fourth-order valence-corrected chi connectivity index (χ4v) is 3.44. The molecule has 2 aliphatic heterocycles. The van der Waals surface area contributed by atoms with E-state index in [9.17, 15) is 18.0 Å². The maximum absolute atomic E-state index is 14.6. The van der Waals surface area contributed by atoms with Crippen LogP contribution in [0.15, 0.2) is 18.2 Å². The monoisotopic (exact) mass is 390 g/mol. The summed E-state index contributed by atoms with van der Waals surface area (Å²) in [4.78, 5) is 14.2. The molecule has 10 heteroatoms. The Hall–Kier alpha value is -2.04. The largest absolute Gasteiger partial charge is 0.441 e. The minimum absolute atomic E-state index is 0.00879. The molecule has 0 radical (unpaired) electrons. The van der Waals surface area contributed by atoms with Gasteiger partial charge in [-0.05, 0) is 18.2 Å². The number of hydrogen-bond acceptors (Lipinski definition) is 6. The van der Waals surface area contributed by atoms with Crippen LogP contribution in [0.2, 0.25) is 0 Å². The molecule has 1 atom stereocenters. The first-order valence-electron chi connectivity index (χ1n) is 8.38. The summed E-state index contributed by atoms with van der Waals surface area (Å²) < 4.78 is 58.4. The number of aliphatic hydroxyl groups excluding tert-OH is 1. The SMILES string of the molecule is COC1(OC)CCN(c2ccc(N3C[C@H](CO)OC3=O)cc2F)CC1(F)F. The molecule has 0 bridgehead atoms. The van der Waals surface area contributed by atoms with Crippen molar-refractivity contribution in [3.63, 3.8) is 0 Å². The summed E-state index contributed by atoms with van der Waals surface area (Å²) >= 11 is 0. The van der Waals surface area contributed by atoms with E-state index >= 15 is 0 Å². The first-order chi connectivity index (χ1) is 12.8. The summed E-state index contributed by atoms with van der Waals surface area (Å²) in [5.74, 6) is -6.14. The van der Waals surface area contributed by atoms with Gasteiger partial charge in [0, 0.05) is 27.2 Å². The second-order valence-corrected chi connectivity index (χ2v) is 6.47. The third-order valence-electron chi connectivity index (χ3n) is 4.98. The van der Waals surface area contributed by atoms with E-state index < -0.39 is 36.3 Å². The quantitative estimate of drug-likeness (QED) is 0.776. The van der Waals surface area contributed by atoms with Crippen LogP contribution in [-0.2, 0) is 14.2 Å². The number of carbonyl (C=O) groups is 1. The topological polar surface area (TPSA) is 71.5 Å². The molecule has 1 amide bonds. The molecule has 2 aliphatic rings. The Labute approximate surface area is 154 Å². The number of nitrogens with zero attached hydrogens (tertiary/aromatic N) is 2. The number of methoxy groups -OCH3 is 2. The zero-order valence-corrected chi connectivity index (χ0v) is 15.0. The molecule has 1 N–H and O–H groups in total. The van der Waals surface area contributed by atoms with Crippen molar-refractivity contribution in [3.8, 4) is 0 Å². The van der Waals surface area contributed by atoms with Crippen LogP contribution in [0.5, 0.6) is 0 Å². The van der Waals surface area contributed by atoms with Gasteiger partial charge < -0.3 is 24.2 Å². The van der Waals surface area contributed by atoms with Gasteiger partial charge in [-0.25, -0.2) is 9.18 Å². The summed E-state index contributed by atoms with van der Waals surface area (Å²) in [6, 6.07) is 3.88. The van der Waals surface area contributed by atoms with E-state index in [1.54, 1.807) is 0 Å². The molecule has 7 nitrogen and oxygen atoms in total. The molecular formula is C17H21F3N2O5. The first kappa shape index (κ1) is 19.7. The highest BCUT2D eigenvalue weighted by Gasteiger charge is 2.58. The van der Waals surface area contributed by atoms with Gasteiger partial charge in [-0.15, -0.1) is 0 Å². The van der Waals surface area contributed by atoms with Crippen LogP contribution in [0.25, 0.3) is 0 Å². The van der Waals surface area contributed by atoms with E-state index in [4.69, 9.17) is 19.3 Å². The van der Waals surface area contributed by atoms with Gasteiger partial charge in [0.2, 0.25) is 5.79 Å². The molecule has 27 heavy (non-hydrogen) atoms. The number of anilines is 2. The molecular weight excluding hydrogens is 369 g/mol. The summed E-state index contributed by atoms with van der Waals surface area (Å²) in [5.41, 5.74) is 0.217. The predicted molar refractivity (Wildman–Crippen MR) is 89.6 cm³/mol. The normalized spacial score (nSPS) is 24.2.